The summed E-state index contributed by atoms with van der Waals surface area (Å²) in [5.41, 5.74) is 3.05. The SMILES string of the molecule is CO[C@@H]1[C@@H](OCc2ccccc2)[C@H](OCc2ccccc2)[C@@H](COCc2ccccc2)O[P@@]1(=O)c1ccccc1. The van der Waals surface area contributed by atoms with Gasteiger partial charge in [0.25, 0.3) is 7.37 Å². The van der Waals surface area contributed by atoms with Crippen LogP contribution in [0.2, 0.25) is 0 Å². The highest BCUT2D eigenvalue weighted by atomic mass is 31.2. The number of benzene rings is 4. The van der Waals surface area contributed by atoms with Crippen LogP contribution < -0.4 is 5.30 Å². The third kappa shape index (κ3) is 6.97. The predicted octanol–water partition coefficient (Wildman–Crippen LogP) is 6.35. The lowest BCUT2D eigenvalue weighted by atomic mass is 10.1. The van der Waals surface area contributed by atoms with Crippen molar-refractivity contribution in [1.29, 1.82) is 0 Å². The van der Waals surface area contributed by atoms with E-state index in [1.807, 2.05) is 121 Å². The maximum absolute atomic E-state index is 14.7. The molecule has 208 valence electrons. The van der Waals surface area contributed by atoms with Crippen LogP contribution in [0.5, 0.6) is 0 Å². The normalized spacial score (nSPS) is 24.5. The Bertz CT molecular complexity index is 1340. The minimum atomic E-state index is -3.56. The number of methoxy groups -OCH3 is 1. The summed E-state index contributed by atoms with van der Waals surface area (Å²) in [5.74, 6) is -0.871. The van der Waals surface area contributed by atoms with Gasteiger partial charge < -0.3 is 23.5 Å². The van der Waals surface area contributed by atoms with E-state index < -0.39 is 31.5 Å². The van der Waals surface area contributed by atoms with Crippen LogP contribution in [0, 0.1) is 0 Å². The van der Waals surface area contributed by atoms with Gasteiger partial charge in [0.05, 0.1) is 26.4 Å². The van der Waals surface area contributed by atoms with Crippen LogP contribution in [0.1, 0.15) is 16.7 Å². The van der Waals surface area contributed by atoms with Crippen molar-refractivity contribution in [2.45, 2.75) is 44.0 Å². The summed E-state index contributed by atoms with van der Waals surface area (Å²) >= 11 is 0. The molecule has 0 aliphatic carbocycles. The average Bonchev–Trinajstić information content (AvgIpc) is 3.01. The van der Waals surface area contributed by atoms with E-state index in [9.17, 15) is 4.57 Å². The second-order valence-electron chi connectivity index (χ2n) is 9.73. The highest BCUT2D eigenvalue weighted by Gasteiger charge is 2.55. The van der Waals surface area contributed by atoms with E-state index in [2.05, 4.69) is 0 Å². The van der Waals surface area contributed by atoms with Gasteiger partial charge in [-0.1, -0.05) is 109 Å². The third-order valence-corrected chi connectivity index (χ3v) is 9.70. The number of hydrogen-bond acceptors (Lipinski definition) is 6. The van der Waals surface area contributed by atoms with Crippen LogP contribution in [0.3, 0.4) is 0 Å². The Labute approximate surface area is 236 Å². The first kappa shape index (κ1) is 28.4. The first-order chi connectivity index (χ1) is 19.7. The quantitative estimate of drug-likeness (QED) is 0.189. The van der Waals surface area contributed by atoms with E-state index in [1.165, 1.54) is 0 Å². The zero-order valence-electron chi connectivity index (χ0n) is 22.6. The molecule has 5 rings (SSSR count). The molecule has 1 aliphatic rings. The number of rotatable bonds is 12. The van der Waals surface area contributed by atoms with E-state index in [0.717, 1.165) is 16.7 Å². The number of hydrogen-bond donors (Lipinski definition) is 0. The van der Waals surface area contributed by atoms with Gasteiger partial charge >= 0.3 is 0 Å². The molecule has 0 radical (unpaired) electrons. The van der Waals surface area contributed by atoms with Crippen molar-refractivity contribution >= 4 is 12.7 Å². The molecule has 7 heteroatoms. The van der Waals surface area contributed by atoms with Gasteiger partial charge in [0.15, 0.2) is 5.85 Å². The largest absolute Gasteiger partial charge is 0.374 e. The molecule has 4 aromatic rings. The number of ether oxygens (including phenoxy) is 4. The molecule has 6 nitrogen and oxygen atoms in total. The third-order valence-electron chi connectivity index (χ3n) is 6.92. The maximum atomic E-state index is 14.7. The van der Waals surface area contributed by atoms with Crippen molar-refractivity contribution in [2.75, 3.05) is 13.7 Å². The van der Waals surface area contributed by atoms with Gasteiger partial charge in [0.1, 0.15) is 18.3 Å². The minimum absolute atomic E-state index is 0.173. The van der Waals surface area contributed by atoms with Crippen LogP contribution in [-0.2, 0) is 47.9 Å². The zero-order chi connectivity index (χ0) is 27.6. The van der Waals surface area contributed by atoms with Crippen LogP contribution in [0.4, 0.5) is 0 Å². The van der Waals surface area contributed by atoms with E-state index in [1.54, 1.807) is 7.11 Å². The lowest BCUT2D eigenvalue weighted by Crippen LogP contribution is -2.56. The van der Waals surface area contributed by atoms with Gasteiger partial charge in [-0.25, -0.2) is 0 Å². The Balaban J connectivity index is 1.46. The molecular formula is C33H35O6P. The fraction of sp³-hybridized carbons (Fsp3) is 0.273. The predicted molar refractivity (Wildman–Crippen MR) is 155 cm³/mol. The molecular weight excluding hydrogens is 523 g/mol. The highest BCUT2D eigenvalue weighted by Crippen LogP contribution is 2.58. The molecule has 0 saturated carbocycles. The van der Waals surface area contributed by atoms with E-state index in [0.29, 0.717) is 25.1 Å². The van der Waals surface area contributed by atoms with Crippen LogP contribution in [0.25, 0.3) is 0 Å². The molecule has 4 aromatic carbocycles. The topological polar surface area (TPSA) is 63.2 Å². The molecule has 0 spiro atoms. The standard InChI is InChI=1S/C33H35O6P/c1-35-33-32(38-24-28-18-10-4-11-19-28)31(37-23-27-16-8-3-9-17-27)30(25-36-22-26-14-6-2-7-15-26)39-40(33,34)29-20-12-5-13-21-29/h2-21,30-33H,22-25H2,1H3/t30-,31-,32+,33+,40+/m1/s1. The summed E-state index contributed by atoms with van der Waals surface area (Å²) in [4.78, 5) is 0. The van der Waals surface area contributed by atoms with Crippen molar-refractivity contribution in [3.05, 3.63) is 138 Å². The van der Waals surface area contributed by atoms with E-state index in [4.69, 9.17) is 23.5 Å². The summed E-state index contributed by atoms with van der Waals surface area (Å²) < 4.78 is 46.3. The fourth-order valence-electron chi connectivity index (χ4n) is 4.91. The van der Waals surface area contributed by atoms with E-state index in [-0.39, 0.29) is 6.61 Å². The Hall–Kier alpha value is -3.09. The summed E-state index contributed by atoms with van der Waals surface area (Å²) in [6.07, 6.45) is -1.94. The minimum Gasteiger partial charge on any atom is -0.374 e. The molecule has 0 N–H and O–H groups in total. The molecule has 1 fully saturated rings. The lowest BCUT2D eigenvalue weighted by Gasteiger charge is -2.45. The maximum Gasteiger partial charge on any atom is 0.263 e. The van der Waals surface area contributed by atoms with Crippen LogP contribution >= 0.6 is 7.37 Å². The second kappa shape index (κ2) is 14.0. The molecule has 0 bridgehead atoms. The summed E-state index contributed by atoms with van der Waals surface area (Å²) in [6, 6.07) is 39.0. The lowest BCUT2D eigenvalue weighted by molar-refractivity contribution is -0.178. The summed E-state index contributed by atoms with van der Waals surface area (Å²) in [6.45, 7) is 1.21. The molecule has 0 unspecified atom stereocenters. The monoisotopic (exact) mass is 558 g/mol. The molecule has 0 amide bonds. The van der Waals surface area contributed by atoms with Crippen molar-refractivity contribution in [3.8, 4) is 0 Å². The summed E-state index contributed by atoms with van der Waals surface area (Å²) in [7, 11) is -2.02. The smallest absolute Gasteiger partial charge is 0.263 e. The van der Waals surface area contributed by atoms with Gasteiger partial charge in [-0.3, -0.25) is 4.57 Å². The molecule has 1 aliphatic heterocycles. The summed E-state index contributed by atoms with van der Waals surface area (Å²) in [5, 5.41) is 0.574. The Morgan fingerprint density at radius 2 is 1.07 bits per heavy atom. The van der Waals surface area contributed by atoms with Crippen LogP contribution in [-0.4, -0.2) is 37.9 Å². The molecule has 1 heterocycles. The zero-order valence-corrected chi connectivity index (χ0v) is 23.5. The van der Waals surface area contributed by atoms with Crippen molar-refractivity contribution in [2.24, 2.45) is 0 Å². The van der Waals surface area contributed by atoms with Gasteiger partial charge in [-0.15, -0.1) is 0 Å². The highest BCUT2D eigenvalue weighted by molar-refractivity contribution is 7.67. The van der Waals surface area contributed by atoms with Gasteiger partial charge in [-0.2, -0.15) is 0 Å². The molecule has 0 aromatic heterocycles. The average molecular weight is 559 g/mol. The van der Waals surface area contributed by atoms with Gasteiger partial charge in [-0.05, 0) is 28.8 Å². The van der Waals surface area contributed by atoms with Crippen molar-refractivity contribution < 1.29 is 28.0 Å². The van der Waals surface area contributed by atoms with Gasteiger partial charge in [0.2, 0.25) is 0 Å². The second-order valence-corrected chi connectivity index (χ2v) is 12.2. The molecule has 5 atom stereocenters. The Morgan fingerprint density at radius 1 is 0.625 bits per heavy atom. The first-order valence-corrected chi connectivity index (χ1v) is 15.2. The van der Waals surface area contributed by atoms with Gasteiger partial charge in [0, 0.05) is 12.4 Å². The molecule has 40 heavy (non-hydrogen) atoms. The van der Waals surface area contributed by atoms with Crippen LogP contribution in [0.15, 0.2) is 121 Å². The molecule has 1 saturated heterocycles. The first-order valence-electron chi connectivity index (χ1n) is 13.5. The Kier molecular flexibility index (Phi) is 9.95. The van der Waals surface area contributed by atoms with E-state index >= 15 is 0 Å². The fourth-order valence-corrected chi connectivity index (χ4v) is 7.54. The van der Waals surface area contributed by atoms with Crippen molar-refractivity contribution in [3.63, 3.8) is 0 Å². The van der Waals surface area contributed by atoms with Crippen molar-refractivity contribution in [1.82, 2.24) is 0 Å². The Morgan fingerprint density at radius 3 is 1.57 bits per heavy atom.